The van der Waals surface area contributed by atoms with Crippen molar-refractivity contribution in [3.8, 4) is 0 Å². The standard InChI is InChI=1S/C17H29N3O2S/c1-12(2)8-15-18-9-13(23-15)10-19-16(22)20-11-17(3)7-5-4-6-14(17)21/h9,12,14,21H,4-8,10-11H2,1-3H3,(H2,19,20,22). The Hall–Kier alpha value is -1.14. The lowest BCUT2D eigenvalue weighted by atomic mass is 9.73. The van der Waals surface area contributed by atoms with Crippen LogP contribution in [0.1, 0.15) is 56.3 Å². The summed E-state index contributed by atoms with van der Waals surface area (Å²) in [4.78, 5) is 17.4. The second-order valence-corrected chi connectivity index (χ2v) is 8.47. The number of amides is 2. The molecule has 3 N–H and O–H groups in total. The molecule has 0 saturated heterocycles. The first-order valence-corrected chi connectivity index (χ1v) is 9.34. The molecule has 0 bridgehead atoms. The van der Waals surface area contributed by atoms with Crippen LogP contribution in [0.4, 0.5) is 4.79 Å². The minimum absolute atomic E-state index is 0.178. The number of rotatable bonds is 6. The van der Waals surface area contributed by atoms with Gasteiger partial charge in [0.05, 0.1) is 17.7 Å². The van der Waals surface area contributed by atoms with Crippen molar-refractivity contribution in [1.82, 2.24) is 15.6 Å². The van der Waals surface area contributed by atoms with E-state index in [-0.39, 0.29) is 17.6 Å². The number of aliphatic hydroxyl groups is 1. The number of hydrogen-bond acceptors (Lipinski definition) is 4. The number of thiazole rings is 1. The highest BCUT2D eigenvalue weighted by atomic mass is 32.1. The van der Waals surface area contributed by atoms with Crippen LogP contribution >= 0.6 is 11.3 Å². The van der Waals surface area contributed by atoms with Gasteiger partial charge in [0.1, 0.15) is 0 Å². The first-order chi connectivity index (χ1) is 10.9. The predicted molar refractivity (Wildman–Crippen MR) is 93.5 cm³/mol. The molecule has 1 aliphatic rings. The summed E-state index contributed by atoms with van der Waals surface area (Å²) in [6.45, 7) is 7.42. The molecule has 1 aromatic rings. The molecule has 2 amide bonds. The van der Waals surface area contributed by atoms with Gasteiger partial charge in [-0.1, -0.05) is 33.6 Å². The Labute approximate surface area is 142 Å². The van der Waals surface area contributed by atoms with Crippen molar-refractivity contribution in [3.63, 3.8) is 0 Å². The number of aliphatic hydroxyl groups excluding tert-OH is 1. The fourth-order valence-electron chi connectivity index (χ4n) is 2.97. The normalized spacial score (nSPS) is 24.7. The topological polar surface area (TPSA) is 74.2 Å². The second-order valence-electron chi connectivity index (χ2n) is 7.27. The van der Waals surface area contributed by atoms with Gasteiger partial charge < -0.3 is 15.7 Å². The van der Waals surface area contributed by atoms with E-state index in [1.54, 1.807) is 11.3 Å². The van der Waals surface area contributed by atoms with Crippen LogP contribution in [0, 0.1) is 11.3 Å². The molecule has 5 nitrogen and oxygen atoms in total. The van der Waals surface area contributed by atoms with Crippen LogP contribution in [0.2, 0.25) is 0 Å². The lowest BCUT2D eigenvalue weighted by Gasteiger charge is -2.38. The van der Waals surface area contributed by atoms with Gasteiger partial charge in [0.25, 0.3) is 0 Å². The molecule has 2 unspecified atom stereocenters. The van der Waals surface area contributed by atoms with Crippen molar-refractivity contribution in [2.24, 2.45) is 11.3 Å². The lowest BCUT2D eigenvalue weighted by Crippen LogP contribution is -2.47. The molecule has 1 aromatic heterocycles. The summed E-state index contributed by atoms with van der Waals surface area (Å²) in [6, 6.07) is -0.178. The zero-order valence-corrected chi connectivity index (χ0v) is 15.2. The van der Waals surface area contributed by atoms with Gasteiger partial charge in [-0.2, -0.15) is 0 Å². The third-order valence-corrected chi connectivity index (χ3v) is 5.56. The molecule has 1 heterocycles. The minimum atomic E-state index is -0.323. The quantitative estimate of drug-likeness (QED) is 0.745. The number of hydrogen-bond donors (Lipinski definition) is 3. The molecule has 0 aromatic carbocycles. The van der Waals surface area contributed by atoms with Crippen molar-refractivity contribution >= 4 is 17.4 Å². The van der Waals surface area contributed by atoms with Gasteiger partial charge in [-0.05, 0) is 18.8 Å². The van der Waals surface area contributed by atoms with Gasteiger partial charge in [0, 0.05) is 29.5 Å². The van der Waals surface area contributed by atoms with E-state index < -0.39 is 0 Å². The largest absolute Gasteiger partial charge is 0.392 e. The van der Waals surface area contributed by atoms with E-state index in [9.17, 15) is 9.90 Å². The van der Waals surface area contributed by atoms with Gasteiger partial charge in [0.2, 0.25) is 0 Å². The smallest absolute Gasteiger partial charge is 0.315 e. The van der Waals surface area contributed by atoms with Crippen LogP contribution < -0.4 is 10.6 Å². The number of nitrogens with zero attached hydrogens (tertiary/aromatic N) is 1. The summed E-state index contributed by atoms with van der Waals surface area (Å²) in [5.74, 6) is 0.591. The number of nitrogens with one attached hydrogen (secondary N) is 2. The SMILES string of the molecule is CC(C)Cc1ncc(CNC(=O)NCC2(C)CCCCC2O)s1. The first kappa shape index (κ1) is 18.2. The van der Waals surface area contributed by atoms with E-state index in [0.717, 1.165) is 42.0 Å². The molecule has 23 heavy (non-hydrogen) atoms. The molecule has 0 radical (unpaired) electrons. The van der Waals surface area contributed by atoms with E-state index in [0.29, 0.717) is 19.0 Å². The van der Waals surface area contributed by atoms with Crippen molar-refractivity contribution in [1.29, 1.82) is 0 Å². The molecule has 2 rings (SSSR count). The highest BCUT2D eigenvalue weighted by molar-refractivity contribution is 7.11. The zero-order chi connectivity index (χ0) is 16.9. The van der Waals surface area contributed by atoms with Crippen LogP contribution in [0.25, 0.3) is 0 Å². The number of carbonyl (C=O) groups excluding carboxylic acids is 1. The van der Waals surface area contributed by atoms with Crippen LogP contribution in [0.3, 0.4) is 0 Å². The van der Waals surface area contributed by atoms with Crippen LogP contribution in [0.15, 0.2) is 6.20 Å². The monoisotopic (exact) mass is 339 g/mol. The molecular formula is C17H29N3O2S. The average Bonchev–Trinajstić information content (AvgIpc) is 2.93. The molecule has 0 aliphatic heterocycles. The number of urea groups is 1. The van der Waals surface area contributed by atoms with Crippen LogP contribution in [-0.4, -0.2) is 28.8 Å². The van der Waals surface area contributed by atoms with Crippen LogP contribution in [-0.2, 0) is 13.0 Å². The van der Waals surface area contributed by atoms with E-state index >= 15 is 0 Å². The molecule has 2 atom stereocenters. The average molecular weight is 340 g/mol. The molecule has 1 aliphatic carbocycles. The summed E-state index contributed by atoms with van der Waals surface area (Å²) in [5, 5.41) is 17.0. The molecule has 0 spiro atoms. The maximum absolute atomic E-state index is 12.0. The van der Waals surface area contributed by atoms with Crippen molar-refractivity contribution in [2.45, 2.75) is 65.5 Å². The van der Waals surface area contributed by atoms with Gasteiger partial charge in [-0.25, -0.2) is 9.78 Å². The second kappa shape index (κ2) is 8.11. The van der Waals surface area contributed by atoms with E-state index in [1.165, 1.54) is 0 Å². The van der Waals surface area contributed by atoms with Crippen LogP contribution in [0.5, 0.6) is 0 Å². The highest BCUT2D eigenvalue weighted by Gasteiger charge is 2.35. The highest BCUT2D eigenvalue weighted by Crippen LogP contribution is 2.35. The minimum Gasteiger partial charge on any atom is -0.392 e. The fourth-order valence-corrected chi connectivity index (χ4v) is 4.05. The Kier molecular flexibility index (Phi) is 6.41. The maximum atomic E-state index is 12.0. The molecule has 6 heteroatoms. The van der Waals surface area contributed by atoms with Gasteiger partial charge in [0.15, 0.2) is 0 Å². The van der Waals surface area contributed by atoms with E-state index in [2.05, 4.69) is 36.4 Å². The Morgan fingerprint density at radius 1 is 1.48 bits per heavy atom. The van der Waals surface area contributed by atoms with Crippen molar-refractivity contribution in [2.75, 3.05) is 6.54 Å². The molecule has 1 saturated carbocycles. The fraction of sp³-hybridized carbons (Fsp3) is 0.765. The Morgan fingerprint density at radius 3 is 2.96 bits per heavy atom. The Balaban J connectivity index is 1.73. The van der Waals surface area contributed by atoms with Crippen molar-refractivity contribution < 1.29 is 9.90 Å². The third-order valence-electron chi connectivity index (χ3n) is 4.54. The summed E-state index contributed by atoms with van der Waals surface area (Å²) < 4.78 is 0. The number of aromatic nitrogens is 1. The zero-order valence-electron chi connectivity index (χ0n) is 14.4. The van der Waals surface area contributed by atoms with Crippen molar-refractivity contribution in [3.05, 3.63) is 16.1 Å². The molecular weight excluding hydrogens is 310 g/mol. The van der Waals surface area contributed by atoms with Gasteiger partial charge in [-0.15, -0.1) is 11.3 Å². The molecule has 130 valence electrons. The summed E-state index contributed by atoms with van der Waals surface area (Å²) in [5.41, 5.74) is -0.204. The Morgan fingerprint density at radius 2 is 2.26 bits per heavy atom. The molecule has 1 fully saturated rings. The van der Waals surface area contributed by atoms with Gasteiger partial charge >= 0.3 is 6.03 Å². The lowest BCUT2D eigenvalue weighted by molar-refractivity contribution is 0.00309. The van der Waals surface area contributed by atoms with Gasteiger partial charge in [-0.3, -0.25) is 0 Å². The first-order valence-electron chi connectivity index (χ1n) is 8.52. The summed E-state index contributed by atoms with van der Waals surface area (Å²) >= 11 is 1.66. The maximum Gasteiger partial charge on any atom is 0.315 e. The van der Waals surface area contributed by atoms with E-state index in [1.807, 2.05) is 6.20 Å². The Bertz CT molecular complexity index is 518. The predicted octanol–water partition coefficient (Wildman–Crippen LogP) is 3.08. The summed E-state index contributed by atoms with van der Waals surface area (Å²) in [7, 11) is 0. The third kappa shape index (κ3) is 5.46. The van der Waals surface area contributed by atoms with E-state index in [4.69, 9.17) is 0 Å². The number of carbonyl (C=O) groups is 1. The summed E-state index contributed by atoms with van der Waals surface area (Å²) in [6.07, 6.45) is 6.49.